The molecular weight excluding hydrogens is 532 g/mol. The highest BCUT2D eigenvalue weighted by Crippen LogP contribution is 2.50. The number of halogens is 1. The van der Waals surface area contributed by atoms with Gasteiger partial charge in [0.15, 0.2) is 5.71 Å². The van der Waals surface area contributed by atoms with Gasteiger partial charge in [-0.15, -0.1) is 0 Å². The summed E-state index contributed by atoms with van der Waals surface area (Å²) in [5.74, 6) is 0. The zero-order valence-electron chi connectivity index (χ0n) is 25.4. The van der Waals surface area contributed by atoms with Crippen LogP contribution in [-0.4, -0.2) is 23.9 Å². The standard InChI is InChI=1S/C39H40ClN2/c1-6-25-42-33-24-22-30(40)26-32(33)39(4,27-28-15-9-7-10-16-28)36(42)20-12-8-11-19-35-38(2,3)37-31-18-14-13-17-29(31)21-23-34(37)41(35)5/h7-24,26H,6,25,27H2,1-5H3/q+1. The van der Waals surface area contributed by atoms with E-state index in [9.17, 15) is 0 Å². The molecule has 2 nitrogen and oxygen atoms in total. The molecule has 1 atom stereocenters. The molecule has 6 rings (SSSR count). The fraction of sp³-hybridized carbons (Fsp3) is 0.256. The van der Waals surface area contributed by atoms with Gasteiger partial charge in [-0.25, -0.2) is 0 Å². The summed E-state index contributed by atoms with van der Waals surface area (Å²) in [4.78, 5) is 2.49. The van der Waals surface area contributed by atoms with Crippen LogP contribution < -0.4 is 4.90 Å². The number of fused-ring (bicyclic) bond motifs is 4. The molecule has 2 heterocycles. The molecule has 4 aromatic carbocycles. The normalized spacial score (nSPS) is 20.4. The van der Waals surface area contributed by atoms with E-state index in [1.165, 1.54) is 50.2 Å². The van der Waals surface area contributed by atoms with Crippen LogP contribution in [0.4, 0.5) is 11.4 Å². The summed E-state index contributed by atoms with van der Waals surface area (Å²) < 4.78 is 2.35. The van der Waals surface area contributed by atoms with Gasteiger partial charge in [0.2, 0.25) is 5.69 Å². The smallest absolute Gasteiger partial charge is 0.210 e. The molecule has 0 saturated heterocycles. The molecule has 0 spiro atoms. The minimum Gasteiger partial charge on any atom is -0.344 e. The van der Waals surface area contributed by atoms with Crippen LogP contribution in [0.25, 0.3) is 10.8 Å². The van der Waals surface area contributed by atoms with Gasteiger partial charge in [0.25, 0.3) is 0 Å². The number of nitrogens with zero attached hydrogens (tertiary/aromatic N) is 2. The quantitative estimate of drug-likeness (QED) is 0.158. The largest absolute Gasteiger partial charge is 0.344 e. The zero-order chi connectivity index (χ0) is 29.5. The fourth-order valence-electron chi connectivity index (χ4n) is 7.23. The van der Waals surface area contributed by atoms with Crippen molar-refractivity contribution in [2.75, 3.05) is 18.5 Å². The minimum atomic E-state index is -0.185. The van der Waals surface area contributed by atoms with Crippen LogP contribution in [-0.2, 0) is 17.3 Å². The van der Waals surface area contributed by atoms with Crippen LogP contribution >= 0.6 is 11.6 Å². The predicted molar refractivity (Wildman–Crippen MR) is 181 cm³/mol. The Bertz CT molecular complexity index is 1770. The molecule has 0 N–H and O–H groups in total. The molecule has 2 aliphatic heterocycles. The average Bonchev–Trinajstić information content (AvgIpc) is 3.32. The van der Waals surface area contributed by atoms with Crippen molar-refractivity contribution in [1.82, 2.24) is 0 Å². The fourth-order valence-corrected chi connectivity index (χ4v) is 7.40. The van der Waals surface area contributed by atoms with Gasteiger partial charge in [0.1, 0.15) is 7.05 Å². The van der Waals surface area contributed by atoms with E-state index in [0.717, 1.165) is 24.4 Å². The van der Waals surface area contributed by atoms with Crippen molar-refractivity contribution in [2.24, 2.45) is 0 Å². The Morgan fingerprint density at radius 3 is 2.40 bits per heavy atom. The van der Waals surface area contributed by atoms with E-state index in [0.29, 0.717) is 0 Å². The van der Waals surface area contributed by atoms with Crippen molar-refractivity contribution in [3.05, 3.63) is 143 Å². The lowest BCUT2D eigenvalue weighted by molar-refractivity contribution is -0.401. The lowest BCUT2D eigenvalue weighted by Gasteiger charge is -2.30. The number of rotatable bonds is 7. The van der Waals surface area contributed by atoms with Crippen LogP contribution in [0.3, 0.4) is 0 Å². The second-order valence-corrected chi connectivity index (χ2v) is 12.8. The first kappa shape index (κ1) is 28.2. The summed E-state index contributed by atoms with van der Waals surface area (Å²) >= 11 is 6.57. The van der Waals surface area contributed by atoms with Gasteiger partial charge in [0, 0.05) is 46.1 Å². The Hall–Kier alpha value is -3.88. The molecule has 4 aromatic rings. The van der Waals surface area contributed by atoms with Gasteiger partial charge in [0.05, 0.1) is 5.41 Å². The molecule has 0 radical (unpaired) electrons. The summed E-state index contributed by atoms with van der Waals surface area (Å²) in [6.45, 7) is 10.3. The second kappa shape index (κ2) is 11.1. The third kappa shape index (κ3) is 4.72. The first-order valence-electron chi connectivity index (χ1n) is 15.1. The zero-order valence-corrected chi connectivity index (χ0v) is 26.1. The van der Waals surface area contributed by atoms with E-state index < -0.39 is 0 Å². The first-order chi connectivity index (χ1) is 20.3. The maximum atomic E-state index is 6.57. The lowest BCUT2D eigenvalue weighted by Crippen LogP contribution is -2.31. The SMILES string of the molecule is CCCN1/C(=C/C=C/C=C/C2=[N+](C)c3ccc4ccccc4c3C2(C)C)C(C)(Cc2ccccc2)c2cc(Cl)ccc21. The van der Waals surface area contributed by atoms with Crippen molar-refractivity contribution >= 4 is 39.5 Å². The van der Waals surface area contributed by atoms with Crippen LogP contribution in [0.1, 0.15) is 50.8 Å². The van der Waals surface area contributed by atoms with Gasteiger partial charge in [-0.05, 0) is 85.9 Å². The Morgan fingerprint density at radius 1 is 0.857 bits per heavy atom. The topological polar surface area (TPSA) is 6.25 Å². The van der Waals surface area contributed by atoms with Crippen molar-refractivity contribution in [3.63, 3.8) is 0 Å². The molecular formula is C39H40ClN2+. The minimum absolute atomic E-state index is 0.0910. The summed E-state index contributed by atoms with van der Waals surface area (Å²) in [7, 11) is 2.19. The molecule has 3 heteroatoms. The van der Waals surface area contributed by atoms with Crippen molar-refractivity contribution in [2.45, 2.75) is 51.4 Å². The van der Waals surface area contributed by atoms with Gasteiger partial charge in [-0.3, -0.25) is 0 Å². The molecule has 0 saturated carbocycles. The molecule has 42 heavy (non-hydrogen) atoms. The van der Waals surface area contributed by atoms with E-state index in [-0.39, 0.29) is 10.8 Å². The molecule has 0 amide bonds. The van der Waals surface area contributed by atoms with Crippen LogP contribution in [0.5, 0.6) is 0 Å². The summed E-state index contributed by atoms with van der Waals surface area (Å²) in [5.41, 5.74) is 8.94. The molecule has 0 aromatic heterocycles. The van der Waals surface area contributed by atoms with E-state index in [2.05, 4.69) is 153 Å². The van der Waals surface area contributed by atoms with Crippen molar-refractivity contribution in [1.29, 1.82) is 0 Å². The average molecular weight is 572 g/mol. The monoisotopic (exact) mass is 571 g/mol. The van der Waals surface area contributed by atoms with Crippen molar-refractivity contribution < 1.29 is 4.58 Å². The Labute approximate surface area is 256 Å². The highest BCUT2D eigenvalue weighted by atomic mass is 35.5. The molecule has 212 valence electrons. The first-order valence-corrected chi connectivity index (χ1v) is 15.4. The molecule has 1 unspecified atom stereocenters. The lowest BCUT2D eigenvalue weighted by atomic mass is 9.76. The van der Waals surface area contributed by atoms with E-state index >= 15 is 0 Å². The summed E-state index contributed by atoms with van der Waals surface area (Å²) in [6.07, 6.45) is 13.1. The number of benzene rings is 4. The Morgan fingerprint density at radius 2 is 1.62 bits per heavy atom. The van der Waals surface area contributed by atoms with Crippen LogP contribution in [0.15, 0.2) is 121 Å². The highest BCUT2D eigenvalue weighted by molar-refractivity contribution is 6.30. The second-order valence-electron chi connectivity index (χ2n) is 12.4. The van der Waals surface area contributed by atoms with Gasteiger partial charge < -0.3 is 4.90 Å². The number of hydrogen-bond acceptors (Lipinski definition) is 1. The van der Waals surface area contributed by atoms with Gasteiger partial charge in [-0.2, -0.15) is 4.58 Å². The van der Waals surface area contributed by atoms with Crippen molar-refractivity contribution in [3.8, 4) is 0 Å². The highest BCUT2D eigenvalue weighted by Gasteiger charge is 2.45. The Balaban J connectivity index is 1.34. The van der Waals surface area contributed by atoms with Gasteiger partial charge >= 0.3 is 0 Å². The molecule has 0 fully saturated rings. The van der Waals surface area contributed by atoms with E-state index in [1.54, 1.807) is 0 Å². The third-order valence-corrected chi connectivity index (χ3v) is 9.41. The van der Waals surface area contributed by atoms with Crippen LogP contribution in [0.2, 0.25) is 5.02 Å². The summed E-state index contributed by atoms with van der Waals surface area (Å²) in [6, 6.07) is 30.4. The maximum Gasteiger partial charge on any atom is 0.210 e. The van der Waals surface area contributed by atoms with Crippen LogP contribution in [0, 0.1) is 0 Å². The summed E-state index contributed by atoms with van der Waals surface area (Å²) in [5, 5.41) is 3.42. The number of allylic oxidation sites excluding steroid dienone is 6. The third-order valence-electron chi connectivity index (χ3n) is 9.17. The Kier molecular flexibility index (Phi) is 7.45. The predicted octanol–water partition coefficient (Wildman–Crippen LogP) is 9.93. The molecule has 0 aliphatic carbocycles. The van der Waals surface area contributed by atoms with Gasteiger partial charge in [-0.1, -0.05) is 91.4 Å². The maximum absolute atomic E-state index is 6.57. The molecule has 2 aliphatic rings. The number of anilines is 1. The van der Waals surface area contributed by atoms with E-state index in [4.69, 9.17) is 11.6 Å². The number of hydrogen-bond donors (Lipinski definition) is 0. The molecule has 0 bridgehead atoms. The van der Waals surface area contributed by atoms with E-state index in [1.807, 2.05) is 6.07 Å².